The fourth-order valence-corrected chi connectivity index (χ4v) is 5.50. The summed E-state index contributed by atoms with van der Waals surface area (Å²) in [5.74, 6) is 0.413. The molecule has 0 aliphatic heterocycles. The summed E-state index contributed by atoms with van der Waals surface area (Å²) < 4.78 is 6.72. The van der Waals surface area contributed by atoms with Crippen LogP contribution in [0.25, 0.3) is 0 Å². The number of methoxy groups -OCH3 is 1. The van der Waals surface area contributed by atoms with Crippen molar-refractivity contribution < 1.29 is 14.5 Å². The van der Waals surface area contributed by atoms with Crippen molar-refractivity contribution in [3.05, 3.63) is 16.4 Å². The van der Waals surface area contributed by atoms with Crippen molar-refractivity contribution in [2.75, 3.05) is 7.11 Å². The summed E-state index contributed by atoms with van der Waals surface area (Å²) in [4.78, 5) is 26.4. The molecule has 8 heteroatoms. The summed E-state index contributed by atoms with van der Waals surface area (Å²) in [7, 11) is 1.44. The molecule has 1 aromatic rings. The first kappa shape index (κ1) is 13.7. The second-order valence-corrected chi connectivity index (χ2v) is 7.20. The molecule has 0 radical (unpaired) electrons. The Balaban J connectivity index is 1.75. The normalized spacial score (nSPS) is 39.0. The molecule has 4 aliphatic carbocycles. The summed E-state index contributed by atoms with van der Waals surface area (Å²) >= 11 is 0. The Morgan fingerprint density at radius 1 is 1.41 bits per heavy atom. The van der Waals surface area contributed by atoms with E-state index in [1.807, 2.05) is 0 Å². The minimum absolute atomic E-state index is 0.138. The van der Waals surface area contributed by atoms with Gasteiger partial charge in [-0.3, -0.25) is 4.79 Å². The summed E-state index contributed by atoms with van der Waals surface area (Å²) in [6, 6.07) is 0. The van der Waals surface area contributed by atoms with Crippen LogP contribution < -0.4 is 0 Å². The maximum Gasteiger partial charge on any atom is 0.490 e. The van der Waals surface area contributed by atoms with Gasteiger partial charge >= 0.3 is 11.9 Å². The van der Waals surface area contributed by atoms with Gasteiger partial charge in [-0.2, -0.15) is 4.68 Å². The van der Waals surface area contributed by atoms with Crippen LogP contribution in [-0.4, -0.2) is 32.8 Å². The molecule has 0 amide bonds. The van der Waals surface area contributed by atoms with Gasteiger partial charge in [0.1, 0.15) is 0 Å². The van der Waals surface area contributed by atoms with Crippen molar-refractivity contribution in [2.45, 2.75) is 44.1 Å². The molecule has 1 aromatic heterocycles. The van der Waals surface area contributed by atoms with Crippen LogP contribution in [0.5, 0.6) is 0 Å². The van der Waals surface area contributed by atoms with E-state index in [0.717, 1.165) is 32.1 Å². The van der Waals surface area contributed by atoms with E-state index in [4.69, 9.17) is 4.74 Å². The zero-order valence-electron chi connectivity index (χ0n) is 12.4. The lowest BCUT2D eigenvalue weighted by Gasteiger charge is -2.59. The van der Waals surface area contributed by atoms with Gasteiger partial charge in [-0.05, 0) is 55.3 Å². The van der Waals surface area contributed by atoms with Gasteiger partial charge in [-0.25, -0.2) is 0 Å². The highest BCUT2D eigenvalue weighted by molar-refractivity contribution is 5.77. The van der Waals surface area contributed by atoms with Gasteiger partial charge < -0.3 is 14.9 Å². The largest absolute Gasteiger partial charge is 0.490 e. The van der Waals surface area contributed by atoms with Gasteiger partial charge in [0.05, 0.1) is 18.1 Å². The van der Waals surface area contributed by atoms with E-state index in [-0.39, 0.29) is 17.5 Å². The Hall–Kier alpha value is -1.99. The van der Waals surface area contributed by atoms with Crippen molar-refractivity contribution in [1.82, 2.24) is 14.8 Å². The number of carbonyl (C=O) groups excluding carboxylic acids is 1. The standard InChI is InChI=1S/C14H18N4O4/c1-22-11(19)13-3-9-2-10(4-13)6-14(5-9,7-13)17-8-15-12(16-17)18(20)21/h8-10H,2-7H2,1H3. The zero-order chi connectivity index (χ0) is 15.5. The van der Waals surface area contributed by atoms with Crippen LogP contribution in [0.4, 0.5) is 5.95 Å². The Bertz CT molecular complexity index is 641. The number of hydrogen-bond donors (Lipinski definition) is 0. The Morgan fingerprint density at radius 3 is 2.64 bits per heavy atom. The first-order valence-corrected chi connectivity index (χ1v) is 7.61. The van der Waals surface area contributed by atoms with Crippen LogP contribution in [0.15, 0.2) is 6.33 Å². The molecule has 4 fully saturated rings. The average Bonchev–Trinajstić information content (AvgIpc) is 2.95. The third kappa shape index (κ3) is 1.72. The number of nitro groups is 1. The number of hydrogen-bond acceptors (Lipinski definition) is 6. The molecule has 22 heavy (non-hydrogen) atoms. The molecule has 4 aliphatic rings. The molecular weight excluding hydrogens is 288 g/mol. The van der Waals surface area contributed by atoms with E-state index in [2.05, 4.69) is 10.1 Å². The molecule has 2 unspecified atom stereocenters. The van der Waals surface area contributed by atoms with Crippen LogP contribution >= 0.6 is 0 Å². The topological polar surface area (TPSA) is 100 Å². The molecule has 0 N–H and O–H groups in total. The molecule has 0 spiro atoms. The zero-order valence-corrected chi connectivity index (χ0v) is 12.4. The molecule has 4 bridgehead atoms. The summed E-state index contributed by atoms with van der Waals surface area (Å²) in [6.45, 7) is 0. The lowest BCUT2D eigenvalue weighted by atomic mass is 9.47. The smallest absolute Gasteiger partial charge is 0.469 e. The third-order valence-electron chi connectivity index (χ3n) is 5.78. The molecule has 0 aromatic carbocycles. The van der Waals surface area contributed by atoms with E-state index >= 15 is 0 Å². The van der Waals surface area contributed by atoms with Crippen molar-refractivity contribution in [1.29, 1.82) is 0 Å². The highest BCUT2D eigenvalue weighted by Crippen LogP contribution is 2.64. The predicted octanol–water partition coefficient (Wildman–Crippen LogP) is 1.65. The minimum Gasteiger partial charge on any atom is -0.469 e. The Morgan fingerprint density at radius 2 is 2.09 bits per heavy atom. The maximum atomic E-state index is 12.4. The Labute approximate surface area is 127 Å². The highest BCUT2D eigenvalue weighted by atomic mass is 16.6. The summed E-state index contributed by atoms with van der Waals surface area (Å²) in [5, 5.41) is 14.9. The Kier molecular flexibility index (Phi) is 2.65. The van der Waals surface area contributed by atoms with Crippen LogP contribution in [0, 0.1) is 27.4 Å². The van der Waals surface area contributed by atoms with Crippen molar-refractivity contribution in [3.8, 4) is 0 Å². The number of esters is 1. The highest BCUT2D eigenvalue weighted by Gasteiger charge is 2.63. The molecule has 1 heterocycles. The van der Waals surface area contributed by atoms with E-state index in [1.165, 1.54) is 13.4 Å². The fourth-order valence-electron chi connectivity index (χ4n) is 5.50. The van der Waals surface area contributed by atoms with Crippen molar-refractivity contribution >= 4 is 11.9 Å². The molecular formula is C14H18N4O4. The van der Waals surface area contributed by atoms with Gasteiger partial charge in [0.25, 0.3) is 0 Å². The summed E-state index contributed by atoms with van der Waals surface area (Å²) in [5.41, 5.74) is -0.765. The van der Waals surface area contributed by atoms with E-state index in [1.54, 1.807) is 4.68 Å². The van der Waals surface area contributed by atoms with Crippen molar-refractivity contribution in [3.63, 3.8) is 0 Å². The second kappa shape index (κ2) is 4.27. The molecule has 118 valence electrons. The monoisotopic (exact) mass is 306 g/mol. The first-order valence-electron chi connectivity index (χ1n) is 7.61. The second-order valence-electron chi connectivity index (χ2n) is 7.20. The average molecular weight is 306 g/mol. The SMILES string of the molecule is COC(=O)C12CC3CC(C1)CC(n1cnc([N+](=O)[O-])n1)(C3)C2. The molecule has 4 saturated carbocycles. The number of ether oxygens (including phenoxy) is 1. The minimum atomic E-state index is -0.576. The third-order valence-corrected chi connectivity index (χ3v) is 5.78. The number of carbonyl (C=O) groups is 1. The van der Waals surface area contributed by atoms with E-state index in [9.17, 15) is 14.9 Å². The molecule has 5 rings (SSSR count). The van der Waals surface area contributed by atoms with Crippen molar-refractivity contribution in [2.24, 2.45) is 17.3 Å². The fraction of sp³-hybridized carbons (Fsp3) is 0.786. The van der Waals surface area contributed by atoms with Gasteiger partial charge in [0, 0.05) is 5.10 Å². The van der Waals surface area contributed by atoms with E-state index < -0.39 is 10.3 Å². The number of nitrogens with zero attached hydrogens (tertiary/aromatic N) is 4. The van der Waals surface area contributed by atoms with Crippen LogP contribution in [0.1, 0.15) is 38.5 Å². The molecule has 0 saturated heterocycles. The van der Waals surface area contributed by atoms with Gasteiger partial charge in [-0.15, -0.1) is 0 Å². The lowest BCUT2D eigenvalue weighted by Crippen LogP contribution is -2.59. The quantitative estimate of drug-likeness (QED) is 0.478. The molecule has 2 atom stereocenters. The van der Waals surface area contributed by atoms with Gasteiger partial charge in [-0.1, -0.05) is 4.98 Å². The number of aromatic nitrogens is 3. The maximum absolute atomic E-state index is 12.4. The predicted molar refractivity (Wildman–Crippen MR) is 73.8 cm³/mol. The van der Waals surface area contributed by atoms with Crippen LogP contribution in [0.2, 0.25) is 0 Å². The summed E-state index contributed by atoms with van der Waals surface area (Å²) in [6.07, 6.45) is 6.82. The number of rotatable bonds is 3. The van der Waals surface area contributed by atoms with Gasteiger partial charge in [0.15, 0.2) is 0 Å². The molecule has 8 nitrogen and oxygen atoms in total. The van der Waals surface area contributed by atoms with Crippen LogP contribution in [0.3, 0.4) is 0 Å². The van der Waals surface area contributed by atoms with E-state index in [0.29, 0.717) is 18.3 Å². The lowest BCUT2D eigenvalue weighted by molar-refractivity contribution is -0.394. The van der Waals surface area contributed by atoms with Crippen LogP contribution in [-0.2, 0) is 15.1 Å². The first-order chi connectivity index (χ1) is 10.5. The van der Waals surface area contributed by atoms with Gasteiger partial charge in [0.2, 0.25) is 6.33 Å².